The monoisotopic (exact) mass is 491 g/mol. The van der Waals surface area contributed by atoms with Crippen molar-refractivity contribution in [1.82, 2.24) is 0 Å². The second-order valence-corrected chi connectivity index (χ2v) is 8.75. The fraction of sp³-hybridized carbons (Fsp3) is 0.107. The molecule has 0 aromatic heterocycles. The molecule has 2 aliphatic rings. The normalized spacial score (nSPS) is 14.9. The molecular formula is C28H26ClNO5. The van der Waals surface area contributed by atoms with Crippen LogP contribution in [0.5, 0.6) is 0 Å². The van der Waals surface area contributed by atoms with Gasteiger partial charge in [0, 0.05) is 23.3 Å². The minimum atomic E-state index is -4.94. The fourth-order valence-electron chi connectivity index (χ4n) is 3.42. The van der Waals surface area contributed by atoms with Gasteiger partial charge in [-0.05, 0) is 47.9 Å². The van der Waals surface area contributed by atoms with Crippen LogP contribution in [0.3, 0.4) is 0 Å². The van der Waals surface area contributed by atoms with Crippen LogP contribution in [-0.2, 0) is 4.74 Å². The molecule has 0 unspecified atom stereocenters. The third kappa shape index (κ3) is 8.33. The van der Waals surface area contributed by atoms with E-state index in [1.54, 1.807) is 0 Å². The summed E-state index contributed by atoms with van der Waals surface area (Å²) in [4.78, 5) is 0. The van der Waals surface area contributed by atoms with Gasteiger partial charge in [0.1, 0.15) is 25.6 Å². The first-order chi connectivity index (χ1) is 16.6. The van der Waals surface area contributed by atoms with Crippen LogP contribution in [0.1, 0.15) is 18.1 Å². The number of hydrogen-bond acceptors (Lipinski definition) is 5. The van der Waals surface area contributed by atoms with E-state index in [2.05, 4.69) is 92.4 Å². The van der Waals surface area contributed by atoms with Gasteiger partial charge in [-0.25, -0.2) is 23.2 Å². The Bertz CT molecular complexity index is 1180. The van der Waals surface area contributed by atoms with E-state index < -0.39 is 10.2 Å². The Morgan fingerprint density at radius 3 is 1.57 bits per heavy atom. The summed E-state index contributed by atoms with van der Waals surface area (Å²) in [5.74, 6) is 1.73. The van der Waals surface area contributed by atoms with Crippen molar-refractivity contribution in [2.24, 2.45) is 0 Å². The van der Waals surface area contributed by atoms with Gasteiger partial charge in [-0.2, -0.15) is 0 Å². The van der Waals surface area contributed by atoms with E-state index in [4.69, 9.17) is 23.4 Å². The van der Waals surface area contributed by atoms with Crippen LogP contribution in [0, 0.1) is 10.2 Å². The third-order valence-corrected chi connectivity index (χ3v) is 5.16. The molecule has 180 valence electrons. The van der Waals surface area contributed by atoms with Crippen molar-refractivity contribution in [3.63, 3.8) is 0 Å². The minimum Gasteiger partial charge on any atom is -0.456 e. The molecule has 7 heteroatoms. The lowest BCUT2D eigenvalue weighted by molar-refractivity contribution is -2.00. The van der Waals surface area contributed by atoms with Gasteiger partial charge in [0.2, 0.25) is 0 Å². The molecule has 0 saturated carbocycles. The van der Waals surface area contributed by atoms with Crippen molar-refractivity contribution in [2.75, 3.05) is 14.1 Å². The van der Waals surface area contributed by atoms with Gasteiger partial charge >= 0.3 is 0 Å². The number of benzene rings is 2. The summed E-state index contributed by atoms with van der Waals surface area (Å²) in [5.41, 5.74) is 6.86. The van der Waals surface area contributed by atoms with Gasteiger partial charge < -0.3 is 4.74 Å². The van der Waals surface area contributed by atoms with Gasteiger partial charge in [-0.15, -0.1) is 10.2 Å². The summed E-state index contributed by atoms with van der Waals surface area (Å²) in [6.07, 6.45) is 15.1. The molecule has 1 aliphatic heterocycles. The number of hydrogen-bond donors (Lipinski definition) is 0. The largest absolute Gasteiger partial charge is 0.456 e. The first-order valence-corrected chi connectivity index (χ1v) is 12.0. The highest BCUT2D eigenvalue weighted by molar-refractivity contribution is 6.02. The molecule has 0 amide bonds. The topological polar surface area (TPSA) is 104 Å². The SMILES string of the molecule is CC(C=C1C=CC(=[N+](C)C)C=C1)=C1C=C(c2ccccc2)OC(c2ccccc2)=C1.[O-][Cl+3]([O-])([O-])[O-]. The molecule has 1 aliphatic carbocycles. The number of rotatable bonds is 3. The summed E-state index contributed by atoms with van der Waals surface area (Å²) in [5, 5.41) is 0. The molecule has 6 nitrogen and oxygen atoms in total. The summed E-state index contributed by atoms with van der Waals surface area (Å²) in [6, 6.07) is 20.5. The second-order valence-electron chi connectivity index (χ2n) is 8.00. The molecule has 4 rings (SSSR count). The van der Waals surface area contributed by atoms with Gasteiger partial charge in [0.25, 0.3) is 0 Å². The molecule has 0 spiro atoms. The van der Waals surface area contributed by atoms with E-state index in [0.717, 1.165) is 28.2 Å². The minimum absolute atomic E-state index is 0.864. The van der Waals surface area contributed by atoms with E-state index in [0.29, 0.717) is 0 Å². The van der Waals surface area contributed by atoms with E-state index >= 15 is 0 Å². The quantitative estimate of drug-likeness (QED) is 0.604. The molecule has 0 radical (unpaired) electrons. The Morgan fingerprint density at radius 2 is 1.17 bits per heavy atom. The molecule has 2 aromatic carbocycles. The standard InChI is InChI=1S/C28H26NO.ClHO4/c1-21(18-22-14-16-26(17-15-22)29(2)3)25-19-27(23-10-6-4-7-11-23)30-28(20-25)24-12-8-5-9-13-24;2-1(3,4)5/h4-20H,1-3H3;(H,2,3,4,5)/q+1;/p-1. The summed E-state index contributed by atoms with van der Waals surface area (Å²) in [6.45, 7) is 2.15. The predicted octanol–water partition coefficient (Wildman–Crippen LogP) is 1.42. The fourth-order valence-corrected chi connectivity index (χ4v) is 3.42. The van der Waals surface area contributed by atoms with Crippen LogP contribution in [0.2, 0.25) is 0 Å². The highest BCUT2D eigenvalue weighted by atomic mass is 35.7. The Hall–Kier alpha value is -3.52. The van der Waals surface area contributed by atoms with Gasteiger partial charge in [0.05, 0.1) is 0 Å². The highest BCUT2D eigenvalue weighted by Crippen LogP contribution is 2.33. The molecule has 0 bridgehead atoms. The zero-order valence-electron chi connectivity index (χ0n) is 19.7. The third-order valence-electron chi connectivity index (χ3n) is 5.16. The molecule has 35 heavy (non-hydrogen) atoms. The van der Waals surface area contributed by atoms with Crippen LogP contribution in [0.15, 0.2) is 120 Å². The van der Waals surface area contributed by atoms with Crippen LogP contribution in [0.4, 0.5) is 0 Å². The average molecular weight is 492 g/mol. The lowest BCUT2D eigenvalue weighted by Gasteiger charge is -2.20. The molecule has 0 atom stereocenters. The Morgan fingerprint density at radius 1 is 0.743 bits per heavy atom. The van der Waals surface area contributed by atoms with Gasteiger partial charge in [-0.3, -0.25) is 0 Å². The van der Waals surface area contributed by atoms with Crippen LogP contribution in [0.25, 0.3) is 11.5 Å². The lowest BCUT2D eigenvalue weighted by Crippen LogP contribution is -2.68. The number of allylic oxidation sites excluding steroid dienone is 10. The van der Waals surface area contributed by atoms with Crippen LogP contribution < -0.4 is 18.6 Å². The lowest BCUT2D eigenvalue weighted by atomic mass is 9.98. The zero-order chi connectivity index (χ0) is 25.4. The van der Waals surface area contributed by atoms with Crippen molar-refractivity contribution in [3.05, 3.63) is 131 Å². The van der Waals surface area contributed by atoms with E-state index in [1.807, 2.05) is 36.4 Å². The molecular weight excluding hydrogens is 466 g/mol. The van der Waals surface area contributed by atoms with E-state index in [-0.39, 0.29) is 0 Å². The first kappa shape index (κ1) is 26.1. The number of nitrogens with zero attached hydrogens (tertiary/aromatic N) is 1. The van der Waals surface area contributed by atoms with Crippen molar-refractivity contribution in [2.45, 2.75) is 6.92 Å². The molecule has 1 heterocycles. The highest BCUT2D eigenvalue weighted by Gasteiger charge is 2.16. The predicted molar refractivity (Wildman–Crippen MR) is 126 cm³/mol. The maximum Gasteiger partial charge on any atom is 0.199 e. The average Bonchev–Trinajstić information content (AvgIpc) is 2.84. The second kappa shape index (κ2) is 11.8. The first-order valence-electron chi connectivity index (χ1n) is 10.8. The summed E-state index contributed by atoms with van der Waals surface area (Å²) in [7, 11) is -0.834. The Labute approximate surface area is 207 Å². The van der Waals surface area contributed by atoms with Crippen LogP contribution >= 0.6 is 0 Å². The van der Waals surface area contributed by atoms with Crippen molar-refractivity contribution < 1.29 is 38.2 Å². The molecule has 0 saturated heterocycles. The molecule has 0 N–H and O–H groups in total. The van der Waals surface area contributed by atoms with Crippen molar-refractivity contribution >= 4 is 17.2 Å². The maximum absolute atomic E-state index is 8.49. The van der Waals surface area contributed by atoms with E-state index in [1.165, 1.54) is 16.9 Å². The summed E-state index contributed by atoms with van der Waals surface area (Å²) >= 11 is 0. The number of ether oxygens (including phenoxy) is 1. The smallest absolute Gasteiger partial charge is 0.199 e. The Kier molecular flexibility index (Phi) is 8.76. The summed E-state index contributed by atoms with van der Waals surface area (Å²) < 4.78 is 42.4. The number of halogens is 1. The van der Waals surface area contributed by atoms with Crippen molar-refractivity contribution in [3.8, 4) is 0 Å². The maximum atomic E-state index is 8.49. The van der Waals surface area contributed by atoms with Gasteiger partial charge in [-0.1, -0.05) is 66.7 Å². The molecule has 2 aromatic rings. The molecule has 0 fully saturated rings. The Balaban J connectivity index is 0.000000623. The zero-order valence-corrected chi connectivity index (χ0v) is 20.4. The van der Waals surface area contributed by atoms with Gasteiger partial charge in [0.15, 0.2) is 5.71 Å². The van der Waals surface area contributed by atoms with Crippen LogP contribution in [-0.4, -0.2) is 24.4 Å². The van der Waals surface area contributed by atoms with E-state index in [9.17, 15) is 0 Å². The van der Waals surface area contributed by atoms with Crippen molar-refractivity contribution in [1.29, 1.82) is 0 Å².